The average molecular weight is 128 g/mol. The molecule has 0 aromatic heterocycles. The smallest absolute Gasteiger partial charge is 0.178 e. The van der Waals surface area contributed by atoms with Crippen LogP contribution in [-0.2, 0) is 0 Å². The number of halogens is 1. The molecule has 50 valence electrons. The Hall–Kier alpha value is -0.0851. The van der Waals surface area contributed by atoms with E-state index < -0.39 is 6.17 Å². The highest BCUT2D eigenvalue weighted by atomic mass is 19.1. The van der Waals surface area contributed by atoms with Crippen molar-refractivity contribution < 1.29 is 4.39 Å². The molecular weight excluding hydrogens is 118 g/mol. The molecule has 2 N–H and O–H groups in total. The molecule has 0 aromatic rings. The maximum Gasteiger partial charge on any atom is 0.178 e. The first-order chi connectivity index (χ1) is 4.34. The fourth-order valence-corrected chi connectivity index (χ4v) is 0.990. The van der Waals surface area contributed by atoms with Gasteiger partial charge in [0.1, 0.15) is 6.17 Å². The summed E-state index contributed by atoms with van der Waals surface area (Å²) in [5, 5.41) is 5.45. The average Bonchev–Trinajstić information content (AvgIpc) is 1.89. The molecule has 1 heterocycles. The van der Waals surface area contributed by atoms with Crippen molar-refractivity contribution in [1.82, 2.24) is 10.5 Å². The number of nitrogens with one attached hydrogen (secondary N) is 2. The molecule has 1 aliphatic rings. The van der Waals surface area contributed by atoms with Crippen molar-refractivity contribution in [2.24, 2.45) is 0 Å². The van der Waals surface area contributed by atoms with Crippen LogP contribution in [0.1, 0.15) is 6.42 Å². The third-order valence-electron chi connectivity index (χ3n) is 1.61. The number of rotatable bonds is 1. The molecule has 0 saturated carbocycles. The summed E-state index contributed by atoms with van der Waals surface area (Å²) < 4.78 is 12.7. The summed E-state index contributed by atoms with van der Waals surface area (Å²) in [7, 11) is 5.06. The summed E-state index contributed by atoms with van der Waals surface area (Å²) in [4.78, 5) is 0. The van der Waals surface area contributed by atoms with Crippen LogP contribution in [0.15, 0.2) is 0 Å². The molecule has 0 aromatic carbocycles. The lowest BCUT2D eigenvalue weighted by atomic mass is 10.0. The van der Waals surface area contributed by atoms with E-state index in [0.29, 0.717) is 13.0 Å². The number of piperidine rings is 1. The van der Waals surface area contributed by atoms with E-state index in [1.807, 2.05) is 0 Å². The van der Waals surface area contributed by atoms with Gasteiger partial charge in [0.2, 0.25) is 0 Å². The Morgan fingerprint density at radius 1 is 1.67 bits per heavy atom. The molecule has 1 aliphatic heterocycles. The van der Waals surface area contributed by atoms with Gasteiger partial charge in [0.25, 0.3) is 0 Å². The predicted molar refractivity (Wildman–Crippen MR) is 35.1 cm³/mol. The first-order valence-corrected chi connectivity index (χ1v) is 3.15. The van der Waals surface area contributed by atoms with E-state index >= 15 is 0 Å². The van der Waals surface area contributed by atoms with Gasteiger partial charge < -0.3 is 10.5 Å². The van der Waals surface area contributed by atoms with Crippen LogP contribution in [0.2, 0.25) is 0 Å². The second-order valence-electron chi connectivity index (χ2n) is 2.28. The maximum absolute atomic E-state index is 12.7. The van der Waals surface area contributed by atoms with E-state index in [4.69, 9.17) is 7.98 Å². The van der Waals surface area contributed by atoms with E-state index in [2.05, 4.69) is 10.5 Å². The molecule has 0 amide bonds. The van der Waals surface area contributed by atoms with Crippen LogP contribution in [0.3, 0.4) is 0 Å². The van der Waals surface area contributed by atoms with Crippen molar-refractivity contribution in [2.75, 3.05) is 13.1 Å². The fraction of sp³-hybridized carbons (Fsp3) is 1.00. The van der Waals surface area contributed by atoms with Crippen LogP contribution in [0, 0.1) is 0 Å². The van der Waals surface area contributed by atoms with Gasteiger partial charge >= 0.3 is 0 Å². The summed E-state index contributed by atoms with van der Waals surface area (Å²) >= 11 is 0. The minimum absolute atomic E-state index is 0.196. The SMILES string of the molecule is [B]N[C@@H]1CNCC[C@H]1F. The molecule has 9 heavy (non-hydrogen) atoms. The maximum atomic E-state index is 12.7. The number of alkyl halides is 1. The monoisotopic (exact) mass is 128 g/mol. The third kappa shape index (κ3) is 1.66. The van der Waals surface area contributed by atoms with Gasteiger partial charge in [0.05, 0.1) is 0 Å². The van der Waals surface area contributed by atoms with Crippen molar-refractivity contribution in [1.29, 1.82) is 0 Å². The highest BCUT2D eigenvalue weighted by Crippen LogP contribution is 2.06. The van der Waals surface area contributed by atoms with Crippen LogP contribution in [0.4, 0.5) is 4.39 Å². The second kappa shape index (κ2) is 3.18. The molecule has 1 fully saturated rings. The summed E-state index contributed by atoms with van der Waals surface area (Å²) in [6.45, 7) is 1.40. The van der Waals surface area contributed by atoms with Gasteiger partial charge in [-0.05, 0) is 13.0 Å². The minimum atomic E-state index is -0.781. The lowest BCUT2D eigenvalue weighted by Gasteiger charge is -2.26. The lowest BCUT2D eigenvalue weighted by molar-refractivity contribution is 0.219. The molecule has 2 nitrogen and oxygen atoms in total. The zero-order valence-electron chi connectivity index (χ0n) is 5.23. The highest BCUT2D eigenvalue weighted by Gasteiger charge is 2.21. The number of hydrogen-bond acceptors (Lipinski definition) is 2. The Morgan fingerprint density at radius 2 is 2.44 bits per heavy atom. The minimum Gasteiger partial charge on any atom is -0.360 e. The Kier molecular flexibility index (Phi) is 2.48. The molecule has 0 unspecified atom stereocenters. The van der Waals surface area contributed by atoms with Crippen LogP contribution in [-0.4, -0.2) is 33.3 Å². The highest BCUT2D eigenvalue weighted by molar-refractivity contribution is 6.04. The zero-order chi connectivity index (χ0) is 6.69. The number of hydrogen-bond donors (Lipinski definition) is 2. The topological polar surface area (TPSA) is 24.1 Å². The van der Waals surface area contributed by atoms with E-state index in [1.165, 1.54) is 0 Å². The molecule has 1 saturated heterocycles. The quantitative estimate of drug-likeness (QED) is 0.459. The van der Waals surface area contributed by atoms with Crippen molar-refractivity contribution in [2.45, 2.75) is 18.6 Å². The predicted octanol–water partition coefficient (Wildman–Crippen LogP) is -0.641. The Balaban J connectivity index is 2.30. The Bertz CT molecular complexity index is 91.0. The first kappa shape index (κ1) is 7.03. The molecule has 1 rings (SSSR count). The van der Waals surface area contributed by atoms with Gasteiger partial charge in [-0.1, -0.05) is 0 Å². The van der Waals surface area contributed by atoms with Gasteiger partial charge in [0.15, 0.2) is 7.98 Å². The van der Waals surface area contributed by atoms with Gasteiger partial charge in [-0.2, -0.15) is 0 Å². The summed E-state index contributed by atoms with van der Waals surface area (Å²) in [5.74, 6) is 0. The molecule has 4 heteroatoms. The molecule has 0 aliphatic carbocycles. The van der Waals surface area contributed by atoms with Gasteiger partial charge in [0, 0.05) is 12.6 Å². The third-order valence-corrected chi connectivity index (χ3v) is 1.61. The fourth-order valence-electron chi connectivity index (χ4n) is 0.990. The summed E-state index contributed by atoms with van der Waals surface area (Å²) in [6.07, 6.45) is -0.217. The zero-order valence-corrected chi connectivity index (χ0v) is 5.23. The first-order valence-electron chi connectivity index (χ1n) is 3.15. The van der Waals surface area contributed by atoms with Gasteiger partial charge in [-0.3, -0.25) is 0 Å². The molecule has 0 spiro atoms. The van der Waals surface area contributed by atoms with Crippen molar-refractivity contribution in [3.8, 4) is 0 Å². The van der Waals surface area contributed by atoms with E-state index in [-0.39, 0.29) is 6.04 Å². The van der Waals surface area contributed by atoms with E-state index in [1.54, 1.807) is 0 Å². The van der Waals surface area contributed by atoms with Crippen LogP contribution < -0.4 is 10.5 Å². The normalized spacial score (nSPS) is 36.6. The molecule has 2 radical (unpaired) electrons. The molecule has 0 bridgehead atoms. The van der Waals surface area contributed by atoms with E-state index in [9.17, 15) is 4.39 Å². The van der Waals surface area contributed by atoms with Crippen LogP contribution in [0.25, 0.3) is 0 Å². The summed E-state index contributed by atoms with van der Waals surface area (Å²) in [5.41, 5.74) is 0. The van der Waals surface area contributed by atoms with Crippen molar-refractivity contribution >= 4 is 7.98 Å². The van der Waals surface area contributed by atoms with Crippen LogP contribution in [0.5, 0.6) is 0 Å². The van der Waals surface area contributed by atoms with Gasteiger partial charge in [-0.25, -0.2) is 4.39 Å². The lowest BCUT2D eigenvalue weighted by Crippen LogP contribution is -2.49. The van der Waals surface area contributed by atoms with Crippen molar-refractivity contribution in [3.05, 3.63) is 0 Å². The Morgan fingerprint density at radius 3 is 2.89 bits per heavy atom. The molecule has 2 atom stereocenters. The van der Waals surface area contributed by atoms with E-state index in [0.717, 1.165) is 6.54 Å². The van der Waals surface area contributed by atoms with Crippen LogP contribution >= 0.6 is 0 Å². The standard InChI is InChI=1S/C5H10BFN2/c6-9-5-3-8-2-1-4(5)7/h4-5,8-9H,1-3H2/t4-,5-/m1/s1. The van der Waals surface area contributed by atoms with Crippen molar-refractivity contribution in [3.63, 3.8) is 0 Å². The van der Waals surface area contributed by atoms with Gasteiger partial charge in [-0.15, -0.1) is 0 Å². The summed E-state index contributed by atoms with van der Waals surface area (Å²) in [6, 6.07) is -0.196. The Labute approximate surface area is 55.6 Å². The largest absolute Gasteiger partial charge is 0.360 e. The second-order valence-corrected chi connectivity index (χ2v) is 2.28. The molecular formula is C5H10BFN2.